The summed E-state index contributed by atoms with van der Waals surface area (Å²) in [4.78, 5) is 29.0. The second kappa shape index (κ2) is 8.65. The van der Waals surface area contributed by atoms with Crippen molar-refractivity contribution in [1.82, 2.24) is 0 Å². The van der Waals surface area contributed by atoms with Crippen LogP contribution in [0.25, 0.3) is 0 Å². The van der Waals surface area contributed by atoms with Crippen LogP contribution < -0.4 is 15.8 Å². The third-order valence-electron chi connectivity index (χ3n) is 6.41. The quantitative estimate of drug-likeness (QED) is 0.485. The highest BCUT2D eigenvalue weighted by molar-refractivity contribution is 6.29. The molecule has 1 saturated carbocycles. The molecule has 1 aliphatic carbocycles. The Morgan fingerprint density at radius 3 is 2.61 bits per heavy atom. The zero-order valence-electron chi connectivity index (χ0n) is 18.4. The lowest BCUT2D eigenvalue weighted by Crippen LogP contribution is -2.58. The normalized spacial score (nSPS) is 21.4. The average Bonchev–Trinajstić information content (AvgIpc) is 3.64. The third-order valence-corrected chi connectivity index (χ3v) is 6.41. The molecule has 2 unspecified atom stereocenters. The lowest BCUT2D eigenvalue weighted by molar-refractivity contribution is -0.488. The maximum atomic E-state index is 12.4. The maximum absolute atomic E-state index is 12.4. The number of para-hydroxylation sites is 1. The highest BCUT2D eigenvalue weighted by Gasteiger charge is 2.54. The summed E-state index contributed by atoms with van der Waals surface area (Å²) in [6, 6.07) is 15.5. The van der Waals surface area contributed by atoms with Crippen molar-refractivity contribution in [2.75, 3.05) is 18.5 Å². The Morgan fingerprint density at radius 2 is 1.91 bits per heavy atom. The minimum absolute atomic E-state index is 0.0739. The molecular weight excluding hydrogens is 416 g/mol. The van der Waals surface area contributed by atoms with Crippen LogP contribution in [0, 0.1) is 11.8 Å². The highest BCUT2D eigenvalue weighted by atomic mass is 16.5. The van der Waals surface area contributed by atoms with Gasteiger partial charge in [0.2, 0.25) is 17.7 Å². The summed E-state index contributed by atoms with van der Waals surface area (Å²) in [6.45, 7) is 4.88. The van der Waals surface area contributed by atoms with Gasteiger partial charge in [-0.2, -0.15) is 0 Å². The van der Waals surface area contributed by atoms with E-state index in [1.165, 1.54) is 18.9 Å². The van der Waals surface area contributed by atoms with Crippen LogP contribution in [-0.2, 0) is 9.59 Å². The molecule has 168 valence electrons. The van der Waals surface area contributed by atoms with E-state index in [-0.39, 0.29) is 11.9 Å². The first-order chi connectivity index (χ1) is 16.1. The largest absolute Gasteiger partial charge is 0.493 e. The van der Waals surface area contributed by atoms with Crippen LogP contribution in [0.1, 0.15) is 36.4 Å². The Hall–Kier alpha value is -3.74. The van der Waals surface area contributed by atoms with Crippen LogP contribution in [-0.4, -0.2) is 41.1 Å². The molecule has 2 atom stereocenters. The van der Waals surface area contributed by atoms with E-state index < -0.39 is 11.8 Å². The molecule has 0 spiro atoms. The van der Waals surface area contributed by atoms with Crippen LogP contribution in [0.4, 0.5) is 5.69 Å². The molecule has 0 bridgehead atoms. The van der Waals surface area contributed by atoms with E-state index in [2.05, 4.69) is 21.5 Å². The average molecular weight is 444 g/mol. The monoisotopic (exact) mass is 443 g/mol. The summed E-state index contributed by atoms with van der Waals surface area (Å²) in [5.41, 5.74) is 9.22. The Balaban J connectivity index is 1.53. The fraction of sp³-hybridized carbons (Fsp3) is 0.308. The number of benzene rings is 2. The summed E-state index contributed by atoms with van der Waals surface area (Å²) in [7, 11) is 0. The third kappa shape index (κ3) is 4.06. The van der Waals surface area contributed by atoms with Crippen molar-refractivity contribution in [3.05, 3.63) is 72.3 Å². The fourth-order valence-corrected chi connectivity index (χ4v) is 4.55. The van der Waals surface area contributed by atoms with Crippen LogP contribution in [0.5, 0.6) is 5.75 Å². The molecule has 2 heterocycles. The molecule has 2 amide bonds. The van der Waals surface area contributed by atoms with E-state index in [4.69, 9.17) is 10.5 Å². The molecule has 33 heavy (non-hydrogen) atoms. The van der Waals surface area contributed by atoms with Crippen molar-refractivity contribution >= 4 is 29.0 Å². The minimum atomic E-state index is -0.555. The number of nitrogens with zero attached hydrogens (tertiary/aromatic N) is 2. The molecule has 0 radical (unpaired) electrons. The number of anilines is 1. The van der Waals surface area contributed by atoms with Gasteiger partial charge >= 0.3 is 5.84 Å². The fourth-order valence-electron chi connectivity index (χ4n) is 4.55. The molecule has 2 aliphatic heterocycles. The van der Waals surface area contributed by atoms with Crippen molar-refractivity contribution in [3.8, 4) is 5.75 Å². The Morgan fingerprint density at radius 1 is 1.15 bits per heavy atom. The van der Waals surface area contributed by atoms with E-state index in [0.29, 0.717) is 18.3 Å². The first-order valence-corrected chi connectivity index (χ1v) is 11.3. The number of ether oxygens (including phenoxy) is 1. The topological polar surface area (TPSA) is 96.8 Å². The van der Waals surface area contributed by atoms with E-state index >= 15 is 0 Å². The number of hydrogen-bond acceptors (Lipinski definition) is 4. The molecule has 2 aromatic rings. The number of amidine groups is 1. The van der Waals surface area contributed by atoms with E-state index in [1.807, 2.05) is 48.5 Å². The maximum Gasteiger partial charge on any atom is 0.314 e. The number of hydrogen-bond donors (Lipinski definition) is 2. The molecular formula is C26H27N4O3+. The number of nitrogens with one attached hydrogen (secondary N) is 1. The Bertz CT molecular complexity index is 1180. The summed E-state index contributed by atoms with van der Waals surface area (Å²) < 4.78 is 7.96. The number of primary amides is 1. The molecule has 0 aromatic heterocycles. The molecule has 0 saturated heterocycles. The molecule has 5 rings (SSSR count). The van der Waals surface area contributed by atoms with Gasteiger partial charge in [0, 0.05) is 23.2 Å². The van der Waals surface area contributed by atoms with Gasteiger partial charge in [-0.05, 0) is 55.2 Å². The minimum Gasteiger partial charge on any atom is -0.493 e. The number of nitrogens with two attached hydrogens (primary N) is 1. The SMILES string of the molecule is C=CC(=O)Nc1ccccc1C1CCN=C2C(C(N)=O)C(c3ccc(OCC4CC4)cc3)=[N+]21. The molecule has 1 fully saturated rings. The van der Waals surface area contributed by atoms with Gasteiger partial charge in [-0.25, -0.2) is 4.58 Å². The Labute approximate surface area is 192 Å². The van der Waals surface area contributed by atoms with Gasteiger partial charge in [0.05, 0.1) is 6.61 Å². The number of carbonyl (C=O) groups is 2. The number of aliphatic imine (C=N–C) groups is 1. The van der Waals surface area contributed by atoms with Crippen molar-refractivity contribution in [1.29, 1.82) is 0 Å². The van der Waals surface area contributed by atoms with E-state index in [9.17, 15) is 9.59 Å². The van der Waals surface area contributed by atoms with Crippen molar-refractivity contribution in [2.24, 2.45) is 22.6 Å². The summed E-state index contributed by atoms with van der Waals surface area (Å²) in [5.74, 6) is 0.954. The lowest BCUT2D eigenvalue weighted by Gasteiger charge is -2.35. The summed E-state index contributed by atoms with van der Waals surface area (Å²) >= 11 is 0. The van der Waals surface area contributed by atoms with Crippen LogP contribution in [0.2, 0.25) is 0 Å². The number of amides is 2. The van der Waals surface area contributed by atoms with Crippen LogP contribution in [0.15, 0.2) is 66.2 Å². The molecule has 2 aromatic carbocycles. The van der Waals surface area contributed by atoms with Gasteiger partial charge in [0.25, 0.3) is 0 Å². The molecule has 7 heteroatoms. The van der Waals surface area contributed by atoms with E-state index in [1.54, 1.807) is 0 Å². The number of rotatable bonds is 8. The van der Waals surface area contributed by atoms with Gasteiger partial charge in [-0.15, -0.1) is 0 Å². The second-order valence-corrected chi connectivity index (χ2v) is 8.69. The Kier molecular flexibility index (Phi) is 5.54. The standard InChI is InChI=1S/C26H26N4O3/c1-2-22(31)29-20-6-4-3-5-19(20)21-13-14-28-26-23(25(27)32)24(30(21)26)17-9-11-18(12-10-17)33-15-16-7-8-16/h2-6,9-12,16,21,23H,1,7-8,13-15H2,(H2-,27,29,31,32)/p+1. The smallest absolute Gasteiger partial charge is 0.314 e. The van der Waals surface area contributed by atoms with Crippen molar-refractivity contribution < 1.29 is 18.9 Å². The first kappa shape index (κ1) is 21.1. The lowest BCUT2D eigenvalue weighted by atomic mass is 9.83. The molecule has 3 N–H and O–H groups in total. The van der Waals surface area contributed by atoms with Gasteiger partial charge in [-0.3, -0.25) is 9.59 Å². The van der Waals surface area contributed by atoms with Gasteiger partial charge in [0.15, 0.2) is 0 Å². The molecule has 7 nitrogen and oxygen atoms in total. The summed E-state index contributed by atoms with van der Waals surface area (Å²) in [5, 5.41) is 2.90. The van der Waals surface area contributed by atoms with Crippen molar-refractivity contribution in [3.63, 3.8) is 0 Å². The van der Waals surface area contributed by atoms with Crippen LogP contribution >= 0.6 is 0 Å². The first-order valence-electron chi connectivity index (χ1n) is 11.3. The summed E-state index contributed by atoms with van der Waals surface area (Å²) in [6.07, 6.45) is 4.48. The van der Waals surface area contributed by atoms with Crippen LogP contribution in [0.3, 0.4) is 0 Å². The van der Waals surface area contributed by atoms with Crippen molar-refractivity contribution in [2.45, 2.75) is 25.3 Å². The van der Waals surface area contributed by atoms with Gasteiger partial charge in [-0.1, -0.05) is 29.8 Å². The predicted octanol–water partition coefficient (Wildman–Crippen LogP) is 3.06. The highest BCUT2D eigenvalue weighted by Crippen LogP contribution is 2.38. The number of fused-ring (bicyclic) bond motifs is 1. The zero-order valence-corrected chi connectivity index (χ0v) is 18.4. The number of carbonyl (C=O) groups excluding carboxylic acids is 2. The van der Waals surface area contributed by atoms with E-state index in [0.717, 1.165) is 41.3 Å². The molecule has 3 aliphatic rings. The van der Waals surface area contributed by atoms with Gasteiger partial charge in [0.1, 0.15) is 24.0 Å². The zero-order chi connectivity index (χ0) is 22.9. The predicted molar refractivity (Wildman–Crippen MR) is 127 cm³/mol. The second-order valence-electron chi connectivity index (χ2n) is 8.69. The van der Waals surface area contributed by atoms with Gasteiger partial charge < -0.3 is 15.8 Å².